The molecule has 0 saturated carbocycles. The maximum absolute atomic E-state index is 14.1. The monoisotopic (exact) mass is 710 g/mol. The molecule has 2 amide bonds. The number of β-lactam (4-membered cyclic amide) rings is 1. The molecule has 12 heteroatoms. The summed E-state index contributed by atoms with van der Waals surface area (Å²) in [6.07, 6.45) is 2.27. The number of ether oxygens (including phenoxy) is 2. The Labute approximate surface area is 298 Å². The Hall–Kier alpha value is -4.87. The van der Waals surface area contributed by atoms with Crippen LogP contribution in [0.4, 0.5) is 5.69 Å². The van der Waals surface area contributed by atoms with Gasteiger partial charge >= 0.3 is 11.9 Å². The van der Waals surface area contributed by atoms with Gasteiger partial charge in [0, 0.05) is 53.8 Å². The highest BCUT2D eigenvalue weighted by Gasteiger charge is 2.57. The van der Waals surface area contributed by atoms with Crippen molar-refractivity contribution < 1.29 is 28.7 Å². The number of halogens is 1. The van der Waals surface area contributed by atoms with Gasteiger partial charge in [-0.1, -0.05) is 72.3 Å². The third-order valence-electron chi connectivity index (χ3n) is 9.36. The zero-order chi connectivity index (χ0) is 34.8. The number of nitrogens with zero attached hydrogens (tertiary/aromatic N) is 3. The van der Waals surface area contributed by atoms with Crippen molar-refractivity contribution in [2.24, 2.45) is 5.92 Å². The molecule has 7 rings (SSSR count). The Bertz CT molecular complexity index is 1910. The van der Waals surface area contributed by atoms with Crippen LogP contribution in [0.25, 0.3) is 10.9 Å². The van der Waals surface area contributed by atoms with Gasteiger partial charge in [-0.05, 0) is 53.6 Å². The number of piperidine rings is 1. The molecule has 50 heavy (non-hydrogen) atoms. The Balaban J connectivity index is 1.04. The topological polar surface area (TPSA) is 118 Å². The van der Waals surface area contributed by atoms with Crippen LogP contribution in [0.1, 0.15) is 37.0 Å². The van der Waals surface area contributed by atoms with Crippen molar-refractivity contribution in [3.63, 3.8) is 0 Å². The fraction of sp³-hybridized carbons (Fsp3) is 0.289. The Morgan fingerprint density at radius 3 is 2.32 bits per heavy atom. The molecule has 0 aliphatic carbocycles. The van der Waals surface area contributed by atoms with E-state index < -0.39 is 35.5 Å². The summed E-state index contributed by atoms with van der Waals surface area (Å²) in [6, 6.07) is 24.4. The molecule has 256 valence electrons. The molecule has 1 aromatic heterocycles. The number of amides is 2. The largest absolute Gasteiger partial charge is 0.461 e. The molecule has 10 nitrogen and oxygen atoms in total. The molecule has 3 aliphatic heterocycles. The van der Waals surface area contributed by atoms with E-state index in [4.69, 9.17) is 21.1 Å². The maximum Gasteiger partial charge on any atom is 0.334 e. The van der Waals surface area contributed by atoms with Crippen LogP contribution in [-0.2, 0) is 28.7 Å². The second kappa shape index (κ2) is 14.5. The van der Waals surface area contributed by atoms with Crippen molar-refractivity contribution in [3.8, 4) is 0 Å². The van der Waals surface area contributed by atoms with E-state index in [1.807, 2.05) is 84.9 Å². The average molecular weight is 711 g/mol. The quantitative estimate of drug-likeness (QED) is 0.174. The number of hydrogen-bond acceptors (Lipinski definition) is 9. The number of thioether (sulfide) groups is 1. The molecule has 1 N–H and O–H groups in total. The lowest BCUT2D eigenvalue weighted by molar-refractivity contribution is -0.166. The predicted octanol–water partition coefficient (Wildman–Crippen LogP) is 5.65. The molecule has 4 aromatic rings. The van der Waals surface area contributed by atoms with Gasteiger partial charge in [0.15, 0.2) is 12.1 Å². The minimum Gasteiger partial charge on any atom is -0.461 e. The summed E-state index contributed by atoms with van der Waals surface area (Å²) in [5, 5.41) is 5.83. The first-order valence-corrected chi connectivity index (χ1v) is 17.8. The van der Waals surface area contributed by atoms with E-state index in [9.17, 15) is 19.2 Å². The number of esters is 2. The van der Waals surface area contributed by atoms with E-state index in [0.717, 1.165) is 27.7 Å². The lowest BCUT2D eigenvalue weighted by Crippen LogP contribution is -2.74. The first kappa shape index (κ1) is 33.6. The van der Waals surface area contributed by atoms with Crippen LogP contribution >= 0.6 is 23.4 Å². The number of fused-ring (bicyclic) bond motifs is 2. The van der Waals surface area contributed by atoms with Crippen LogP contribution in [0, 0.1) is 5.92 Å². The van der Waals surface area contributed by atoms with Crippen molar-refractivity contribution in [2.45, 2.75) is 43.3 Å². The van der Waals surface area contributed by atoms with Crippen LogP contribution in [-0.4, -0.2) is 70.8 Å². The fourth-order valence-corrected chi connectivity index (χ4v) is 8.18. The SMILES string of the molecule is CC(=O)OCC1=CSC2C(NC(=O)C3CCN(c4ccnc5cc(Cl)ccc45)CC3)C(=O)N2C1C(=O)OC(c1ccccc1)c1ccccc1. The summed E-state index contributed by atoms with van der Waals surface area (Å²) in [5.74, 6) is -2.00. The third kappa shape index (κ3) is 6.80. The minimum absolute atomic E-state index is 0.171. The van der Waals surface area contributed by atoms with Gasteiger partial charge in [0.1, 0.15) is 18.0 Å². The lowest BCUT2D eigenvalue weighted by atomic mass is 9.93. The zero-order valence-corrected chi connectivity index (χ0v) is 28.8. The van der Waals surface area contributed by atoms with Gasteiger partial charge in [0.2, 0.25) is 11.8 Å². The van der Waals surface area contributed by atoms with Crippen molar-refractivity contribution in [1.82, 2.24) is 15.2 Å². The number of benzene rings is 3. The van der Waals surface area contributed by atoms with Gasteiger partial charge in [-0.25, -0.2) is 4.79 Å². The van der Waals surface area contributed by atoms with Crippen LogP contribution in [0.3, 0.4) is 0 Å². The molecular weight excluding hydrogens is 676 g/mol. The van der Waals surface area contributed by atoms with E-state index in [1.165, 1.54) is 23.6 Å². The summed E-state index contributed by atoms with van der Waals surface area (Å²) in [6.45, 7) is 2.45. The number of hydrogen-bond donors (Lipinski definition) is 1. The smallest absolute Gasteiger partial charge is 0.334 e. The molecular formula is C38H35ClN4O6S. The molecule has 0 radical (unpaired) electrons. The number of nitrogens with one attached hydrogen (secondary N) is 1. The van der Waals surface area contributed by atoms with Crippen LogP contribution < -0.4 is 10.2 Å². The highest BCUT2D eigenvalue weighted by molar-refractivity contribution is 8.03. The van der Waals surface area contributed by atoms with E-state index >= 15 is 0 Å². The average Bonchev–Trinajstić information content (AvgIpc) is 3.14. The van der Waals surface area contributed by atoms with E-state index in [-0.39, 0.29) is 24.3 Å². The summed E-state index contributed by atoms with van der Waals surface area (Å²) in [5.41, 5.74) is 3.84. The molecule has 3 aliphatic rings. The fourth-order valence-electron chi connectivity index (χ4n) is 6.80. The number of aromatic nitrogens is 1. The van der Waals surface area contributed by atoms with Crippen molar-refractivity contribution in [3.05, 3.63) is 118 Å². The predicted molar refractivity (Wildman–Crippen MR) is 191 cm³/mol. The number of pyridine rings is 1. The summed E-state index contributed by atoms with van der Waals surface area (Å²) < 4.78 is 11.4. The Kier molecular flexibility index (Phi) is 9.78. The van der Waals surface area contributed by atoms with Gasteiger partial charge in [-0.3, -0.25) is 19.4 Å². The first-order chi connectivity index (χ1) is 24.3. The van der Waals surface area contributed by atoms with Crippen LogP contribution in [0.15, 0.2) is 102 Å². The molecule has 0 spiro atoms. The molecule has 3 aromatic carbocycles. The third-order valence-corrected chi connectivity index (χ3v) is 10.8. The van der Waals surface area contributed by atoms with Crippen molar-refractivity contribution in [2.75, 3.05) is 24.6 Å². The highest BCUT2D eigenvalue weighted by atomic mass is 35.5. The van der Waals surface area contributed by atoms with Gasteiger partial charge in [0.25, 0.3) is 0 Å². The highest BCUT2D eigenvalue weighted by Crippen LogP contribution is 2.42. The summed E-state index contributed by atoms with van der Waals surface area (Å²) >= 11 is 7.48. The number of anilines is 1. The normalized spacial score (nSPS) is 20.5. The van der Waals surface area contributed by atoms with E-state index in [2.05, 4.69) is 15.2 Å². The maximum atomic E-state index is 14.1. The van der Waals surface area contributed by atoms with Gasteiger partial charge in [-0.2, -0.15) is 0 Å². The number of carbonyl (C=O) groups is 4. The number of carbonyl (C=O) groups excluding carboxylic acids is 4. The van der Waals surface area contributed by atoms with Crippen LogP contribution in [0.5, 0.6) is 0 Å². The van der Waals surface area contributed by atoms with Crippen LogP contribution in [0.2, 0.25) is 5.02 Å². The second-order valence-corrected chi connectivity index (χ2v) is 14.0. The van der Waals surface area contributed by atoms with Gasteiger partial charge in [0.05, 0.1) is 5.52 Å². The molecule has 2 saturated heterocycles. The molecule has 0 bridgehead atoms. The van der Waals surface area contributed by atoms with Gasteiger partial charge < -0.3 is 24.6 Å². The molecule has 2 fully saturated rings. The van der Waals surface area contributed by atoms with Crippen molar-refractivity contribution >= 4 is 63.7 Å². The lowest BCUT2D eigenvalue weighted by Gasteiger charge is -2.52. The molecule has 3 atom stereocenters. The first-order valence-electron chi connectivity index (χ1n) is 16.5. The standard InChI is InChI=1S/C38H35ClN4O6S/c1-23(44)48-21-27-22-50-37-32(41-35(45)26-15-18-42(19-16-26)31-14-17-40-30-20-28(39)12-13-29(30)31)36(46)43(37)33(27)38(47)49-34(24-8-4-2-5-9-24)25-10-6-3-7-11-25/h2-14,17,20,22,26,32-34,37H,15-16,18-19,21H2,1H3,(H,41,45). The Morgan fingerprint density at radius 1 is 0.980 bits per heavy atom. The number of rotatable bonds is 9. The minimum atomic E-state index is -1.12. The zero-order valence-electron chi connectivity index (χ0n) is 27.2. The molecule has 4 heterocycles. The summed E-state index contributed by atoms with van der Waals surface area (Å²) in [4.78, 5) is 61.2. The Morgan fingerprint density at radius 2 is 1.66 bits per heavy atom. The van der Waals surface area contributed by atoms with E-state index in [1.54, 1.807) is 11.6 Å². The van der Waals surface area contributed by atoms with E-state index in [0.29, 0.717) is 36.5 Å². The molecule has 3 unspecified atom stereocenters. The summed E-state index contributed by atoms with van der Waals surface area (Å²) in [7, 11) is 0. The van der Waals surface area contributed by atoms with Crippen molar-refractivity contribution in [1.29, 1.82) is 0 Å². The second-order valence-electron chi connectivity index (χ2n) is 12.5. The van der Waals surface area contributed by atoms with Gasteiger partial charge in [-0.15, -0.1) is 11.8 Å².